The Balaban J connectivity index is 0.00000180. The van der Waals surface area contributed by atoms with Crippen molar-refractivity contribution in [2.24, 2.45) is 5.92 Å². The smallest absolute Gasteiger partial charge is 0.223 e. The highest BCUT2D eigenvalue weighted by atomic mass is 35.5. The molecule has 0 aromatic rings. The lowest BCUT2D eigenvalue weighted by Crippen LogP contribution is -2.47. The molecule has 0 aromatic carbocycles. The Labute approximate surface area is 123 Å². The van der Waals surface area contributed by atoms with E-state index in [2.05, 4.69) is 24.1 Å². The van der Waals surface area contributed by atoms with Gasteiger partial charge in [-0.3, -0.25) is 9.69 Å². The van der Waals surface area contributed by atoms with Crippen LogP contribution < -0.4 is 5.32 Å². The molecular formula is C14H28ClN3O. The van der Waals surface area contributed by atoms with Gasteiger partial charge in [0, 0.05) is 45.2 Å². The topological polar surface area (TPSA) is 35.6 Å². The van der Waals surface area contributed by atoms with E-state index in [0.717, 1.165) is 32.7 Å². The van der Waals surface area contributed by atoms with Gasteiger partial charge >= 0.3 is 0 Å². The van der Waals surface area contributed by atoms with Gasteiger partial charge in [-0.05, 0) is 25.3 Å². The molecule has 2 saturated heterocycles. The van der Waals surface area contributed by atoms with E-state index in [9.17, 15) is 4.79 Å². The summed E-state index contributed by atoms with van der Waals surface area (Å²) in [6, 6.07) is 0.695. The van der Waals surface area contributed by atoms with E-state index in [-0.39, 0.29) is 12.4 Å². The summed E-state index contributed by atoms with van der Waals surface area (Å²) in [7, 11) is 0. The van der Waals surface area contributed by atoms with Gasteiger partial charge in [-0.2, -0.15) is 0 Å². The Hall–Kier alpha value is -0.320. The van der Waals surface area contributed by atoms with Gasteiger partial charge in [0.2, 0.25) is 5.91 Å². The molecular weight excluding hydrogens is 262 g/mol. The van der Waals surface area contributed by atoms with E-state index in [0.29, 0.717) is 24.3 Å². The van der Waals surface area contributed by atoms with Crippen molar-refractivity contribution in [3.8, 4) is 0 Å². The molecule has 2 rings (SSSR count). The molecule has 0 saturated carbocycles. The molecule has 4 nitrogen and oxygen atoms in total. The van der Waals surface area contributed by atoms with Gasteiger partial charge in [0.05, 0.1) is 0 Å². The Morgan fingerprint density at radius 1 is 1.26 bits per heavy atom. The number of likely N-dealkylation sites (tertiary alicyclic amines) is 1. The van der Waals surface area contributed by atoms with Crippen molar-refractivity contribution >= 4 is 18.3 Å². The van der Waals surface area contributed by atoms with Crippen molar-refractivity contribution in [3.05, 3.63) is 0 Å². The molecule has 1 unspecified atom stereocenters. The Kier molecular flexibility index (Phi) is 7.11. The summed E-state index contributed by atoms with van der Waals surface area (Å²) in [5, 5.41) is 3.28. The van der Waals surface area contributed by atoms with Crippen LogP contribution in [0.1, 0.15) is 33.1 Å². The van der Waals surface area contributed by atoms with Gasteiger partial charge < -0.3 is 10.2 Å². The van der Waals surface area contributed by atoms with Crippen LogP contribution in [0.25, 0.3) is 0 Å². The number of amides is 1. The Morgan fingerprint density at radius 3 is 2.58 bits per heavy atom. The van der Waals surface area contributed by atoms with Crippen molar-refractivity contribution < 1.29 is 4.79 Å². The molecule has 2 aliphatic rings. The van der Waals surface area contributed by atoms with Gasteiger partial charge in [-0.25, -0.2) is 0 Å². The fourth-order valence-corrected chi connectivity index (χ4v) is 3.20. The average molecular weight is 290 g/mol. The molecule has 2 aliphatic heterocycles. The lowest BCUT2D eigenvalue weighted by Gasteiger charge is -2.30. The highest BCUT2D eigenvalue weighted by Crippen LogP contribution is 2.23. The molecule has 19 heavy (non-hydrogen) atoms. The first-order valence-corrected chi connectivity index (χ1v) is 7.41. The molecule has 0 spiro atoms. The minimum absolute atomic E-state index is 0. The molecule has 2 fully saturated rings. The van der Waals surface area contributed by atoms with Crippen molar-refractivity contribution in [1.29, 1.82) is 0 Å². The van der Waals surface area contributed by atoms with Crippen molar-refractivity contribution in [2.45, 2.75) is 39.2 Å². The van der Waals surface area contributed by atoms with E-state index in [4.69, 9.17) is 0 Å². The van der Waals surface area contributed by atoms with Crippen LogP contribution in [0, 0.1) is 5.92 Å². The van der Waals surface area contributed by atoms with Crippen LogP contribution >= 0.6 is 12.4 Å². The second-order valence-electron chi connectivity index (χ2n) is 5.87. The summed E-state index contributed by atoms with van der Waals surface area (Å²) in [6.45, 7) is 10.4. The van der Waals surface area contributed by atoms with Crippen LogP contribution in [0.2, 0.25) is 0 Å². The first kappa shape index (κ1) is 16.7. The van der Waals surface area contributed by atoms with Crippen LogP contribution in [0.5, 0.6) is 0 Å². The van der Waals surface area contributed by atoms with Crippen LogP contribution in [-0.2, 0) is 4.79 Å². The quantitative estimate of drug-likeness (QED) is 0.849. The summed E-state index contributed by atoms with van der Waals surface area (Å²) < 4.78 is 0. The highest BCUT2D eigenvalue weighted by molar-refractivity contribution is 5.85. The number of piperazine rings is 1. The van der Waals surface area contributed by atoms with Gasteiger partial charge in [-0.1, -0.05) is 13.8 Å². The number of rotatable bonds is 4. The first-order valence-electron chi connectivity index (χ1n) is 7.41. The van der Waals surface area contributed by atoms with Crippen LogP contribution in [0.15, 0.2) is 0 Å². The fraction of sp³-hybridized carbons (Fsp3) is 0.929. The molecule has 5 heteroatoms. The zero-order chi connectivity index (χ0) is 13.0. The van der Waals surface area contributed by atoms with Gasteiger partial charge in [-0.15, -0.1) is 12.4 Å². The fourth-order valence-electron chi connectivity index (χ4n) is 3.20. The average Bonchev–Trinajstić information content (AvgIpc) is 2.85. The number of hydrogen-bond donors (Lipinski definition) is 1. The van der Waals surface area contributed by atoms with Crippen LogP contribution in [0.4, 0.5) is 0 Å². The van der Waals surface area contributed by atoms with E-state index in [1.165, 1.54) is 19.4 Å². The monoisotopic (exact) mass is 289 g/mol. The predicted octanol–water partition coefficient (Wildman–Crippen LogP) is 1.35. The summed E-state index contributed by atoms with van der Waals surface area (Å²) in [4.78, 5) is 16.6. The van der Waals surface area contributed by atoms with Gasteiger partial charge in [0.25, 0.3) is 0 Å². The van der Waals surface area contributed by atoms with Gasteiger partial charge in [0.1, 0.15) is 0 Å². The number of carbonyl (C=O) groups excluding carboxylic acids is 1. The molecule has 0 radical (unpaired) electrons. The number of hydrogen-bond acceptors (Lipinski definition) is 3. The first-order chi connectivity index (χ1) is 8.68. The molecule has 0 bridgehead atoms. The number of nitrogens with zero attached hydrogens (tertiary/aromatic N) is 2. The van der Waals surface area contributed by atoms with Crippen molar-refractivity contribution in [3.63, 3.8) is 0 Å². The van der Waals surface area contributed by atoms with Crippen LogP contribution in [-0.4, -0.2) is 61.0 Å². The minimum Gasteiger partial charge on any atom is -0.340 e. The summed E-state index contributed by atoms with van der Waals surface area (Å²) in [5.74, 6) is 1.05. The molecule has 1 N–H and O–H groups in total. The molecule has 1 amide bonds. The predicted molar refractivity (Wildman–Crippen MR) is 80.7 cm³/mol. The van der Waals surface area contributed by atoms with E-state index in [1.54, 1.807) is 0 Å². The van der Waals surface area contributed by atoms with E-state index in [1.807, 2.05) is 4.90 Å². The maximum absolute atomic E-state index is 12.1. The normalized spacial score (nSPS) is 24.6. The SMILES string of the molecule is CC(C)C1CCCN1CCC(=O)N1CCNCC1.Cl. The maximum atomic E-state index is 12.1. The lowest BCUT2D eigenvalue weighted by atomic mass is 10.0. The zero-order valence-corrected chi connectivity index (χ0v) is 13.0. The second-order valence-corrected chi connectivity index (χ2v) is 5.87. The third-order valence-corrected chi connectivity index (χ3v) is 4.27. The van der Waals surface area contributed by atoms with Gasteiger partial charge in [0.15, 0.2) is 0 Å². The zero-order valence-electron chi connectivity index (χ0n) is 12.2. The summed E-state index contributed by atoms with van der Waals surface area (Å²) in [5.41, 5.74) is 0. The minimum atomic E-state index is 0. The molecule has 0 aromatic heterocycles. The standard InChI is InChI=1S/C14H27N3O.ClH/c1-12(2)13-4-3-8-16(13)9-5-14(18)17-10-6-15-7-11-17;/h12-13,15H,3-11H2,1-2H3;1H. The third-order valence-electron chi connectivity index (χ3n) is 4.27. The van der Waals surface area contributed by atoms with Crippen molar-refractivity contribution in [1.82, 2.24) is 15.1 Å². The number of carbonyl (C=O) groups is 1. The lowest BCUT2D eigenvalue weighted by molar-refractivity contribution is -0.132. The van der Waals surface area contributed by atoms with E-state index >= 15 is 0 Å². The number of halogens is 1. The Morgan fingerprint density at radius 2 is 1.95 bits per heavy atom. The van der Waals surface area contributed by atoms with Crippen LogP contribution in [0.3, 0.4) is 0 Å². The highest BCUT2D eigenvalue weighted by Gasteiger charge is 2.27. The van der Waals surface area contributed by atoms with Crippen molar-refractivity contribution in [2.75, 3.05) is 39.3 Å². The summed E-state index contributed by atoms with van der Waals surface area (Å²) >= 11 is 0. The molecule has 2 heterocycles. The molecule has 0 aliphatic carbocycles. The third kappa shape index (κ3) is 4.62. The molecule has 112 valence electrons. The summed E-state index contributed by atoms with van der Waals surface area (Å²) in [6.07, 6.45) is 3.30. The Bertz CT molecular complexity index is 280. The second kappa shape index (κ2) is 8.08. The molecule has 1 atom stereocenters. The maximum Gasteiger partial charge on any atom is 0.223 e. The van der Waals surface area contributed by atoms with E-state index < -0.39 is 0 Å². The number of nitrogens with one attached hydrogen (secondary N) is 1. The largest absolute Gasteiger partial charge is 0.340 e.